The minimum Gasteiger partial charge on any atom is -0.374 e. The van der Waals surface area contributed by atoms with Crippen LogP contribution in [0, 0.1) is 0 Å². The second kappa shape index (κ2) is 8.45. The minimum atomic E-state index is -1.75. The molecule has 0 aliphatic carbocycles. The van der Waals surface area contributed by atoms with E-state index in [4.69, 9.17) is 29.4 Å². The minimum absolute atomic E-state index is 0.147. The van der Waals surface area contributed by atoms with E-state index in [2.05, 4.69) is 0 Å². The number of hydrogen-bond acceptors (Lipinski definition) is 6. The predicted octanol–water partition coefficient (Wildman–Crippen LogP) is 2.52. The number of nitrogens with two attached hydrogens (primary N) is 1. The SMILES string of the molecule is CC1(C)O[C@H]2[C@@H](O1)[C@@](OCc1ccccc1)(C(N)=O)O[C@@H]2COCc1ccccc1. The van der Waals surface area contributed by atoms with Crippen LogP contribution in [-0.4, -0.2) is 42.4 Å². The average Bonchev–Trinajstić information content (AvgIpc) is 3.20. The summed E-state index contributed by atoms with van der Waals surface area (Å²) in [6.07, 6.45) is -1.90. The highest BCUT2D eigenvalue weighted by atomic mass is 16.8. The zero-order valence-electron chi connectivity index (χ0n) is 17.2. The number of hydrogen-bond donors (Lipinski definition) is 1. The van der Waals surface area contributed by atoms with Gasteiger partial charge in [0.1, 0.15) is 12.2 Å². The molecule has 1 amide bonds. The zero-order chi connectivity index (χ0) is 21.2. The predicted molar refractivity (Wildman–Crippen MR) is 108 cm³/mol. The highest BCUT2D eigenvalue weighted by Crippen LogP contribution is 2.45. The number of ether oxygens (including phenoxy) is 5. The summed E-state index contributed by atoms with van der Waals surface area (Å²) in [6.45, 7) is 4.34. The van der Waals surface area contributed by atoms with Crippen molar-refractivity contribution in [1.82, 2.24) is 0 Å². The number of rotatable bonds is 8. The largest absolute Gasteiger partial charge is 0.374 e. The number of carbonyl (C=O) groups is 1. The Hall–Kier alpha value is -2.29. The van der Waals surface area contributed by atoms with Crippen LogP contribution in [0.4, 0.5) is 0 Å². The summed E-state index contributed by atoms with van der Waals surface area (Å²) in [5.74, 6) is -3.40. The first kappa shape index (κ1) is 21.0. The monoisotopic (exact) mass is 413 g/mol. The van der Waals surface area contributed by atoms with Crippen LogP contribution in [0.25, 0.3) is 0 Å². The molecule has 2 heterocycles. The van der Waals surface area contributed by atoms with E-state index in [1.165, 1.54) is 0 Å². The quantitative estimate of drug-likeness (QED) is 0.715. The molecular formula is C23H27NO6. The van der Waals surface area contributed by atoms with Gasteiger partial charge in [0.25, 0.3) is 11.7 Å². The van der Waals surface area contributed by atoms with Crippen molar-refractivity contribution in [3.63, 3.8) is 0 Å². The van der Waals surface area contributed by atoms with Crippen LogP contribution in [-0.2, 0) is 41.7 Å². The summed E-state index contributed by atoms with van der Waals surface area (Å²) in [6, 6.07) is 19.3. The molecule has 7 nitrogen and oxygen atoms in total. The third kappa shape index (κ3) is 4.26. The van der Waals surface area contributed by atoms with Crippen molar-refractivity contribution in [2.75, 3.05) is 6.61 Å². The molecule has 2 aliphatic rings. The lowest BCUT2D eigenvalue weighted by molar-refractivity contribution is -0.285. The summed E-state index contributed by atoms with van der Waals surface area (Å²) in [5, 5.41) is 0. The Labute approximate surface area is 176 Å². The lowest BCUT2D eigenvalue weighted by atomic mass is 10.0. The summed E-state index contributed by atoms with van der Waals surface area (Å²) >= 11 is 0. The van der Waals surface area contributed by atoms with Gasteiger partial charge in [0, 0.05) is 0 Å². The maximum Gasteiger partial charge on any atom is 0.280 e. The lowest BCUT2D eigenvalue weighted by Crippen LogP contribution is -2.55. The first-order valence-corrected chi connectivity index (χ1v) is 10.0. The van der Waals surface area contributed by atoms with Crippen molar-refractivity contribution in [1.29, 1.82) is 0 Å². The Morgan fingerprint density at radius 2 is 1.53 bits per heavy atom. The van der Waals surface area contributed by atoms with E-state index in [1.807, 2.05) is 60.7 Å². The van der Waals surface area contributed by atoms with Crippen molar-refractivity contribution >= 4 is 5.91 Å². The van der Waals surface area contributed by atoms with Gasteiger partial charge in [0.15, 0.2) is 11.9 Å². The van der Waals surface area contributed by atoms with Gasteiger partial charge in [-0.1, -0.05) is 60.7 Å². The summed E-state index contributed by atoms with van der Waals surface area (Å²) in [4.78, 5) is 12.5. The molecule has 0 saturated carbocycles. The number of primary amides is 1. The molecule has 0 radical (unpaired) electrons. The van der Waals surface area contributed by atoms with E-state index in [9.17, 15) is 4.79 Å². The van der Waals surface area contributed by atoms with Gasteiger partial charge in [0.2, 0.25) is 0 Å². The zero-order valence-corrected chi connectivity index (χ0v) is 17.2. The second-order valence-corrected chi connectivity index (χ2v) is 7.98. The van der Waals surface area contributed by atoms with Crippen LogP contribution >= 0.6 is 0 Å². The third-order valence-corrected chi connectivity index (χ3v) is 5.23. The molecule has 0 bridgehead atoms. The van der Waals surface area contributed by atoms with E-state index in [0.717, 1.165) is 11.1 Å². The van der Waals surface area contributed by atoms with Crippen molar-refractivity contribution in [2.24, 2.45) is 5.73 Å². The first-order valence-electron chi connectivity index (χ1n) is 10.0. The highest BCUT2D eigenvalue weighted by Gasteiger charge is 2.67. The molecule has 2 saturated heterocycles. The molecule has 7 heteroatoms. The van der Waals surface area contributed by atoms with E-state index >= 15 is 0 Å². The van der Waals surface area contributed by atoms with Crippen molar-refractivity contribution < 1.29 is 28.5 Å². The van der Waals surface area contributed by atoms with E-state index in [0.29, 0.717) is 6.61 Å². The molecule has 2 aromatic carbocycles. The van der Waals surface area contributed by atoms with Crippen LogP contribution in [0.5, 0.6) is 0 Å². The maximum absolute atomic E-state index is 12.5. The van der Waals surface area contributed by atoms with Gasteiger partial charge in [-0.25, -0.2) is 0 Å². The highest BCUT2D eigenvalue weighted by molar-refractivity contribution is 5.83. The normalized spacial score (nSPS) is 29.6. The first-order chi connectivity index (χ1) is 14.4. The van der Waals surface area contributed by atoms with Crippen LogP contribution < -0.4 is 5.73 Å². The topological polar surface area (TPSA) is 89.2 Å². The van der Waals surface area contributed by atoms with Gasteiger partial charge < -0.3 is 29.4 Å². The molecule has 0 unspecified atom stereocenters. The molecule has 2 aromatic rings. The van der Waals surface area contributed by atoms with Crippen molar-refractivity contribution in [2.45, 2.75) is 56.9 Å². The van der Waals surface area contributed by atoms with E-state index in [1.54, 1.807) is 13.8 Å². The standard InChI is InChI=1S/C23H27NO6/c1-22(2)29-19-18(15-26-13-16-9-5-3-6-10-16)28-23(21(24)25,20(19)30-22)27-14-17-11-7-4-8-12-17/h3-12,18-20H,13-15H2,1-2H3,(H2,24,25)/t18-,19-,20-,23+/m1/s1. The second-order valence-electron chi connectivity index (χ2n) is 7.98. The Balaban J connectivity index is 1.50. The Kier molecular flexibility index (Phi) is 5.90. The smallest absolute Gasteiger partial charge is 0.280 e. The molecule has 2 aliphatic heterocycles. The molecule has 30 heavy (non-hydrogen) atoms. The summed E-state index contributed by atoms with van der Waals surface area (Å²) in [7, 11) is 0. The lowest BCUT2D eigenvalue weighted by Gasteiger charge is -2.32. The fraction of sp³-hybridized carbons (Fsp3) is 0.435. The Morgan fingerprint density at radius 1 is 0.933 bits per heavy atom. The van der Waals surface area contributed by atoms with Gasteiger partial charge >= 0.3 is 0 Å². The van der Waals surface area contributed by atoms with Crippen LogP contribution in [0.2, 0.25) is 0 Å². The van der Waals surface area contributed by atoms with Gasteiger partial charge in [-0.2, -0.15) is 0 Å². The van der Waals surface area contributed by atoms with Gasteiger partial charge in [0.05, 0.1) is 19.8 Å². The summed E-state index contributed by atoms with van der Waals surface area (Å²) in [5.41, 5.74) is 7.69. The van der Waals surface area contributed by atoms with Gasteiger partial charge in [-0.05, 0) is 25.0 Å². The average molecular weight is 413 g/mol. The fourth-order valence-corrected chi connectivity index (χ4v) is 3.86. The van der Waals surface area contributed by atoms with Gasteiger partial charge in [-0.3, -0.25) is 4.79 Å². The number of amides is 1. The number of fused-ring (bicyclic) bond motifs is 1. The Bertz CT molecular complexity index is 859. The molecule has 160 valence electrons. The van der Waals surface area contributed by atoms with Crippen molar-refractivity contribution in [3.8, 4) is 0 Å². The number of benzene rings is 2. The molecule has 4 atom stereocenters. The van der Waals surface area contributed by atoms with E-state index < -0.39 is 35.8 Å². The van der Waals surface area contributed by atoms with E-state index in [-0.39, 0.29) is 13.2 Å². The third-order valence-electron chi connectivity index (χ3n) is 5.23. The molecule has 2 fully saturated rings. The molecular weight excluding hydrogens is 386 g/mol. The molecule has 4 rings (SSSR count). The molecule has 0 spiro atoms. The molecule has 0 aromatic heterocycles. The Morgan fingerprint density at radius 3 is 2.13 bits per heavy atom. The summed E-state index contributed by atoms with van der Waals surface area (Å²) < 4.78 is 29.9. The maximum atomic E-state index is 12.5. The van der Waals surface area contributed by atoms with Gasteiger partial charge in [-0.15, -0.1) is 0 Å². The number of carbonyl (C=O) groups excluding carboxylic acids is 1. The van der Waals surface area contributed by atoms with Crippen LogP contribution in [0.15, 0.2) is 60.7 Å². The fourth-order valence-electron chi connectivity index (χ4n) is 3.86. The van der Waals surface area contributed by atoms with Crippen LogP contribution in [0.3, 0.4) is 0 Å². The molecule has 2 N–H and O–H groups in total. The van der Waals surface area contributed by atoms with Crippen molar-refractivity contribution in [3.05, 3.63) is 71.8 Å². The van der Waals surface area contributed by atoms with Crippen LogP contribution in [0.1, 0.15) is 25.0 Å².